The Bertz CT molecular complexity index is 712. The topological polar surface area (TPSA) is 37.4 Å². The molecule has 1 aliphatic heterocycles. The van der Waals surface area contributed by atoms with E-state index < -0.39 is 10.0 Å². The maximum Gasteiger partial charge on any atom is 0.252 e. The molecular weight excluding hydrogens is 326 g/mol. The molecule has 1 aliphatic rings. The van der Waals surface area contributed by atoms with Gasteiger partial charge in [-0.05, 0) is 36.5 Å². The van der Waals surface area contributed by atoms with Gasteiger partial charge in [0.1, 0.15) is 4.21 Å². The normalized spacial score (nSPS) is 20.5. The lowest BCUT2D eigenvalue weighted by Crippen LogP contribution is -2.38. The SMILES string of the molecule is O=S(=O)(c1ccc(Cl)s1)N1CCC[C@H](c2ccccc2)C1. The van der Waals surface area contributed by atoms with Crippen molar-refractivity contribution in [1.82, 2.24) is 4.31 Å². The summed E-state index contributed by atoms with van der Waals surface area (Å²) in [6, 6.07) is 13.4. The number of piperidine rings is 1. The van der Waals surface area contributed by atoms with E-state index in [-0.39, 0.29) is 5.92 Å². The van der Waals surface area contributed by atoms with Gasteiger partial charge in [-0.2, -0.15) is 4.31 Å². The van der Waals surface area contributed by atoms with E-state index in [1.54, 1.807) is 16.4 Å². The molecule has 1 saturated heterocycles. The summed E-state index contributed by atoms with van der Waals surface area (Å²) in [5, 5.41) is 0. The monoisotopic (exact) mass is 341 g/mol. The van der Waals surface area contributed by atoms with Crippen molar-refractivity contribution in [1.29, 1.82) is 0 Å². The first-order valence-corrected chi connectivity index (χ1v) is 9.51. The summed E-state index contributed by atoms with van der Waals surface area (Å²) in [5.74, 6) is 0.269. The minimum atomic E-state index is -3.41. The standard InChI is InChI=1S/C15H16ClNO2S2/c16-14-8-9-15(20-14)21(18,19)17-10-4-7-13(11-17)12-5-2-1-3-6-12/h1-3,5-6,8-9,13H,4,7,10-11H2/t13-/m0/s1. The summed E-state index contributed by atoms with van der Waals surface area (Å²) < 4.78 is 27.7. The van der Waals surface area contributed by atoms with Crippen molar-refractivity contribution in [2.24, 2.45) is 0 Å². The van der Waals surface area contributed by atoms with Crippen molar-refractivity contribution < 1.29 is 8.42 Å². The molecule has 0 spiro atoms. The van der Waals surface area contributed by atoms with Crippen LogP contribution in [0.4, 0.5) is 0 Å². The second kappa shape index (κ2) is 6.08. The van der Waals surface area contributed by atoms with Gasteiger partial charge in [0.05, 0.1) is 4.34 Å². The third-order valence-electron chi connectivity index (χ3n) is 3.80. The van der Waals surface area contributed by atoms with E-state index in [0.717, 1.165) is 24.2 Å². The number of sulfonamides is 1. The molecule has 0 bridgehead atoms. The number of hydrogen-bond donors (Lipinski definition) is 0. The highest BCUT2D eigenvalue weighted by molar-refractivity contribution is 7.91. The van der Waals surface area contributed by atoms with Gasteiger partial charge >= 0.3 is 0 Å². The second-order valence-corrected chi connectivity index (χ2v) is 9.05. The average molecular weight is 342 g/mol. The smallest absolute Gasteiger partial charge is 0.206 e. The number of halogens is 1. The molecule has 0 unspecified atom stereocenters. The van der Waals surface area contributed by atoms with Gasteiger partial charge in [0, 0.05) is 13.1 Å². The van der Waals surface area contributed by atoms with Gasteiger partial charge < -0.3 is 0 Å². The lowest BCUT2D eigenvalue weighted by atomic mass is 9.92. The number of nitrogens with zero attached hydrogens (tertiary/aromatic N) is 1. The fraction of sp³-hybridized carbons (Fsp3) is 0.333. The minimum Gasteiger partial charge on any atom is -0.206 e. The Balaban J connectivity index is 1.83. The van der Waals surface area contributed by atoms with Crippen LogP contribution in [0.2, 0.25) is 4.34 Å². The Hall–Kier alpha value is -0.880. The number of hydrogen-bond acceptors (Lipinski definition) is 3. The van der Waals surface area contributed by atoms with Gasteiger partial charge in [0.15, 0.2) is 0 Å². The largest absolute Gasteiger partial charge is 0.252 e. The van der Waals surface area contributed by atoms with Crippen molar-refractivity contribution in [2.75, 3.05) is 13.1 Å². The molecule has 1 atom stereocenters. The summed E-state index contributed by atoms with van der Waals surface area (Å²) in [6.07, 6.45) is 1.92. The highest BCUT2D eigenvalue weighted by Gasteiger charge is 2.31. The van der Waals surface area contributed by atoms with E-state index >= 15 is 0 Å². The Labute approximate surface area is 134 Å². The van der Waals surface area contributed by atoms with Gasteiger partial charge in [-0.15, -0.1) is 11.3 Å². The lowest BCUT2D eigenvalue weighted by Gasteiger charge is -2.31. The summed E-state index contributed by atoms with van der Waals surface area (Å²) in [6.45, 7) is 1.13. The molecule has 2 heterocycles. The van der Waals surface area contributed by atoms with E-state index in [1.165, 1.54) is 5.56 Å². The molecule has 112 valence electrons. The molecule has 2 aromatic rings. The summed E-state index contributed by atoms with van der Waals surface area (Å²) in [5.41, 5.74) is 1.21. The quantitative estimate of drug-likeness (QED) is 0.847. The highest BCUT2D eigenvalue weighted by Crippen LogP contribution is 2.33. The van der Waals surface area contributed by atoms with Gasteiger partial charge in [0.2, 0.25) is 0 Å². The van der Waals surface area contributed by atoms with Crippen LogP contribution in [0, 0.1) is 0 Å². The van der Waals surface area contributed by atoms with E-state index in [4.69, 9.17) is 11.6 Å². The van der Waals surface area contributed by atoms with Crippen LogP contribution in [0.5, 0.6) is 0 Å². The van der Waals surface area contributed by atoms with Crippen molar-refractivity contribution in [3.05, 3.63) is 52.4 Å². The Morgan fingerprint density at radius 3 is 2.57 bits per heavy atom. The fourth-order valence-corrected chi connectivity index (χ4v) is 5.88. The summed E-state index contributed by atoms with van der Waals surface area (Å²) in [7, 11) is -3.41. The average Bonchev–Trinajstić information content (AvgIpc) is 2.96. The third kappa shape index (κ3) is 3.16. The second-order valence-electron chi connectivity index (χ2n) is 5.17. The van der Waals surface area contributed by atoms with Crippen LogP contribution in [0.3, 0.4) is 0 Å². The van der Waals surface area contributed by atoms with E-state index in [0.29, 0.717) is 21.6 Å². The van der Waals surface area contributed by atoms with Crippen LogP contribution >= 0.6 is 22.9 Å². The Morgan fingerprint density at radius 2 is 1.90 bits per heavy atom. The molecule has 0 radical (unpaired) electrons. The van der Waals surface area contributed by atoms with Crippen molar-refractivity contribution in [3.63, 3.8) is 0 Å². The summed E-state index contributed by atoms with van der Waals surface area (Å²) in [4.78, 5) is 0. The first kappa shape index (κ1) is 15.0. The number of benzene rings is 1. The van der Waals surface area contributed by atoms with E-state index in [1.807, 2.05) is 18.2 Å². The molecule has 3 nitrogen and oxygen atoms in total. The van der Waals surface area contributed by atoms with Crippen LogP contribution in [0.15, 0.2) is 46.7 Å². The molecule has 0 saturated carbocycles. The van der Waals surface area contributed by atoms with E-state index in [2.05, 4.69) is 12.1 Å². The zero-order valence-corrected chi connectivity index (χ0v) is 13.8. The first-order chi connectivity index (χ1) is 10.1. The molecule has 0 amide bonds. The molecular formula is C15H16ClNO2S2. The van der Waals surface area contributed by atoms with Gasteiger partial charge in [-0.25, -0.2) is 8.42 Å². The first-order valence-electron chi connectivity index (χ1n) is 6.88. The molecule has 0 aliphatic carbocycles. The van der Waals surface area contributed by atoms with Crippen LogP contribution in [-0.2, 0) is 10.0 Å². The third-order valence-corrected chi connectivity index (χ3v) is 7.36. The fourth-order valence-electron chi connectivity index (χ4n) is 2.72. The van der Waals surface area contributed by atoms with Gasteiger partial charge in [-0.1, -0.05) is 41.9 Å². The van der Waals surface area contributed by atoms with Crippen LogP contribution < -0.4 is 0 Å². The van der Waals surface area contributed by atoms with Crippen molar-refractivity contribution in [2.45, 2.75) is 23.0 Å². The Kier molecular flexibility index (Phi) is 4.36. The zero-order valence-electron chi connectivity index (χ0n) is 11.4. The van der Waals surface area contributed by atoms with Gasteiger partial charge in [0.25, 0.3) is 10.0 Å². The van der Waals surface area contributed by atoms with Crippen molar-refractivity contribution >= 4 is 33.0 Å². The van der Waals surface area contributed by atoms with Crippen LogP contribution in [-0.4, -0.2) is 25.8 Å². The predicted octanol–water partition coefficient (Wildman–Crippen LogP) is 3.97. The maximum atomic E-state index is 12.7. The molecule has 3 rings (SSSR count). The van der Waals surface area contributed by atoms with Crippen molar-refractivity contribution in [3.8, 4) is 0 Å². The van der Waals surface area contributed by atoms with Crippen LogP contribution in [0.1, 0.15) is 24.3 Å². The molecule has 6 heteroatoms. The van der Waals surface area contributed by atoms with E-state index in [9.17, 15) is 8.42 Å². The highest BCUT2D eigenvalue weighted by atomic mass is 35.5. The molecule has 1 fully saturated rings. The predicted molar refractivity (Wildman–Crippen MR) is 86.5 cm³/mol. The lowest BCUT2D eigenvalue weighted by molar-refractivity contribution is 0.316. The number of rotatable bonds is 3. The zero-order chi connectivity index (χ0) is 14.9. The minimum absolute atomic E-state index is 0.269. The Morgan fingerprint density at radius 1 is 1.14 bits per heavy atom. The molecule has 1 aromatic carbocycles. The number of thiophene rings is 1. The van der Waals surface area contributed by atoms with Crippen LogP contribution in [0.25, 0.3) is 0 Å². The molecule has 0 N–H and O–H groups in total. The summed E-state index contributed by atoms with van der Waals surface area (Å²) >= 11 is 6.99. The molecule has 1 aromatic heterocycles. The van der Waals surface area contributed by atoms with Gasteiger partial charge in [-0.3, -0.25) is 0 Å². The molecule has 21 heavy (non-hydrogen) atoms. The maximum absolute atomic E-state index is 12.7.